The molecular weight excluding hydrogens is 234 g/mol. The second kappa shape index (κ2) is 6.08. The van der Waals surface area contributed by atoms with Crippen molar-refractivity contribution in [1.29, 1.82) is 5.26 Å². The highest BCUT2D eigenvalue weighted by atomic mass is 15.2. The predicted octanol–water partition coefficient (Wildman–Crippen LogP) is 2.67. The van der Waals surface area contributed by atoms with Crippen molar-refractivity contribution in [3.8, 4) is 6.07 Å². The molecule has 1 fully saturated rings. The van der Waals surface area contributed by atoms with E-state index < -0.39 is 0 Å². The van der Waals surface area contributed by atoms with Gasteiger partial charge >= 0.3 is 0 Å². The maximum Gasteiger partial charge on any atom is 0.0638 e. The van der Waals surface area contributed by atoms with E-state index in [1.165, 1.54) is 11.3 Å². The highest BCUT2D eigenvalue weighted by Crippen LogP contribution is 2.22. The molecule has 2 unspecified atom stereocenters. The van der Waals surface area contributed by atoms with Crippen LogP contribution in [0, 0.1) is 24.2 Å². The number of benzene rings is 1. The van der Waals surface area contributed by atoms with Crippen LogP contribution in [0.1, 0.15) is 18.9 Å². The van der Waals surface area contributed by atoms with Gasteiger partial charge in [0.15, 0.2) is 0 Å². The zero-order valence-electron chi connectivity index (χ0n) is 12.1. The Morgan fingerprint density at radius 1 is 1.21 bits per heavy atom. The molecule has 0 spiro atoms. The fraction of sp³-hybridized carbons (Fsp3) is 0.562. The van der Waals surface area contributed by atoms with Crippen molar-refractivity contribution >= 4 is 5.69 Å². The fourth-order valence-electron chi connectivity index (χ4n) is 2.84. The molecule has 0 N–H and O–H groups in total. The van der Waals surface area contributed by atoms with Gasteiger partial charge in [-0.05, 0) is 32.0 Å². The number of aryl methyl sites for hydroxylation is 1. The Morgan fingerprint density at radius 3 is 2.53 bits per heavy atom. The lowest BCUT2D eigenvalue weighted by Crippen LogP contribution is -2.38. The van der Waals surface area contributed by atoms with Crippen LogP contribution >= 0.6 is 0 Å². The summed E-state index contributed by atoms with van der Waals surface area (Å²) in [7, 11) is 2.14. The van der Waals surface area contributed by atoms with E-state index in [-0.39, 0.29) is 0 Å². The van der Waals surface area contributed by atoms with Gasteiger partial charge in [-0.2, -0.15) is 5.26 Å². The second-order valence-corrected chi connectivity index (χ2v) is 5.80. The Bertz CT molecular complexity index is 446. The molecule has 102 valence electrons. The Balaban J connectivity index is 2.19. The van der Waals surface area contributed by atoms with Gasteiger partial charge in [0, 0.05) is 31.4 Å². The van der Waals surface area contributed by atoms with Crippen LogP contribution in [-0.2, 0) is 0 Å². The van der Waals surface area contributed by atoms with E-state index in [4.69, 9.17) is 5.26 Å². The predicted molar refractivity (Wildman–Crippen MR) is 79.2 cm³/mol. The third-order valence-corrected chi connectivity index (χ3v) is 3.91. The van der Waals surface area contributed by atoms with Crippen LogP contribution in [0.25, 0.3) is 0 Å². The highest BCUT2D eigenvalue weighted by molar-refractivity contribution is 5.48. The summed E-state index contributed by atoms with van der Waals surface area (Å²) in [5.74, 6) is 0.620. The lowest BCUT2D eigenvalue weighted by molar-refractivity contribution is 0.241. The summed E-state index contributed by atoms with van der Waals surface area (Å²) in [4.78, 5) is 4.76. The summed E-state index contributed by atoms with van der Waals surface area (Å²) in [6.45, 7) is 7.47. The van der Waals surface area contributed by atoms with Gasteiger partial charge in [0.05, 0.1) is 12.5 Å². The van der Waals surface area contributed by atoms with E-state index in [0.717, 1.165) is 19.6 Å². The van der Waals surface area contributed by atoms with Gasteiger partial charge in [0.1, 0.15) is 0 Å². The third-order valence-electron chi connectivity index (χ3n) is 3.91. The van der Waals surface area contributed by atoms with Gasteiger partial charge in [-0.1, -0.05) is 24.6 Å². The minimum Gasteiger partial charge on any atom is -0.370 e. The summed E-state index contributed by atoms with van der Waals surface area (Å²) >= 11 is 0. The van der Waals surface area contributed by atoms with Crippen molar-refractivity contribution in [2.45, 2.75) is 26.3 Å². The summed E-state index contributed by atoms with van der Waals surface area (Å²) in [6.07, 6.45) is 0.603. The van der Waals surface area contributed by atoms with E-state index in [9.17, 15) is 0 Å². The first-order valence-electron chi connectivity index (χ1n) is 6.99. The largest absolute Gasteiger partial charge is 0.370 e. The third kappa shape index (κ3) is 3.48. The summed E-state index contributed by atoms with van der Waals surface area (Å²) < 4.78 is 0. The standard InChI is InChI=1S/C16H23N3/c1-13-4-6-15(7-5-13)19-11-14(2)10-18(3)16(12-19)8-9-17/h4-7,14,16H,8,10-12H2,1-3H3. The molecule has 1 aliphatic heterocycles. The van der Waals surface area contributed by atoms with E-state index in [1.54, 1.807) is 0 Å². The molecule has 0 amide bonds. The average molecular weight is 257 g/mol. The van der Waals surface area contributed by atoms with Gasteiger partial charge in [0.25, 0.3) is 0 Å². The molecule has 3 heteroatoms. The van der Waals surface area contributed by atoms with Crippen molar-refractivity contribution in [3.63, 3.8) is 0 Å². The molecule has 3 nitrogen and oxygen atoms in total. The Kier molecular flexibility index (Phi) is 4.44. The first-order valence-corrected chi connectivity index (χ1v) is 6.99. The monoisotopic (exact) mass is 257 g/mol. The van der Waals surface area contributed by atoms with E-state index >= 15 is 0 Å². The van der Waals surface area contributed by atoms with Crippen LogP contribution in [0.5, 0.6) is 0 Å². The second-order valence-electron chi connectivity index (χ2n) is 5.80. The molecule has 1 aliphatic rings. The Morgan fingerprint density at radius 2 is 1.89 bits per heavy atom. The molecule has 2 atom stereocenters. The van der Waals surface area contributed by atoms with Crippen molar-refractivity contribution in [2.24, 2.45) is 5.92 Å². The maximum atomic E-state index is 8.99. The van der Waals surface area contributed by atoms with Gasteiger partial charge < -0.3 is 9.80 Å². The lowest BCUT2D eigenvalue weighted by Gasteiger charge is -2.28. The smallest absolute Gasteiger partial charge is 0.0638 e. The lowest BCUT2D eigenvalue weighted by atomic mass is 10.1. The normalized spacial score (nSPS) is 24.8. The van der Waals surface area contributed by atoms with E-state index in [0.29, 0.717) is 18.4 Å². The molecule has 0 saturated carbocycles. The van der Waals surface area contributed by atoms with E-state index in [1.807, 2.05) is 0 Å². The molecule has 1 aromatic rings. The number of rotatable bonds is 2. The Hall–Kier alpha value is -1.53. The molecule has 19 heavy (non-hydrogen) atoms. The van der Waals surface area contributed by atoms with Gasteiger partial charge in [-0.15, -0.1) is 0 Å². The molecule has 2 rings (SSSR count). The minimum atomic E-state index is 0.330. The first-order chi connectivity index (χ1) is 9.10. The van der Waals surface area contributed by atoms with Gasteiger partial charge in [-0.3, -0.25) is 0 Å². The van der Waals surface area contributed by atoms with E-state index in [2.05, 4.69) is 61.0 Å². The SMILES string of the molecule is Cc1ccc(N2CC(C)CN(C)C(CC#N)C2)cc1. The van der Waals surface area contributed by atoms with Crippen LogP contribution in [0.15, 0.2) is 24.3 Å². The van der Waals surface area contributed by atoms with Crippen molar-refractivity contribution in [3.05, 3.63) is 29.8 Å². The molecule has 0 bridgehead atoms. The molecule has 1 heterocycles. The van der Waals surface area contributed by atoms with Crippen molar-refractivity contribution < 1.29 is 0 Å². The molecule has 0 aliphatic carbocycles. The van der Waals surface area contributed by atoms with Crippen LogP contribution in [0.2, 0.25) is 0 Å². The molecule has 1 saturated heterocycles. The zero-order chi connectivity index (χ0) is 13.8. The number of hydrogen-bond acceptors (Lipinski definition) is 3. The fourth-order valence-corrected chi connectivity index (χ4v) is 2.84. The first kappa shape index (κ1) is 13.9. The quantitative estimate of drug-likeness (QED) is 0.816. The average Bonchev–Trinajstić information content (AvgIpc) is 2.50. The van der Waals surface area contributed by atoms with Gasteiger partial charge in [0.2, 0.25) is 0 Å². The number of hydrogen-bond donors (Lipinski definition) is 0. The molecule has 0 radical (unpaired) electrons. The zero-order valence-corrected chi connectivity index (χ0v) is 12.1. The number of nitrogens with zero attached hydrogens (tertiary/aromatic N) is 3. The number of likely N-dealkylation sites (N-methyl/N-ethyl adjacent to an activating group) is 1. The van der Waals surface area contributed by atoms with Crippen molar-refractivity contribution in [2.75, 3.05) is 31.6 Å². The minimum absolute atomic E-state index is 0.330. The molecule has 0 aromatic heterocycles. The summed E-state index contributed by atoms with van der Waals surface area (Å²) in [6, 6.07) is 11.4. The summed E-state index contributed by atoms with van der Waals surface area (Å²) in [5, 5.41) is 8.99. The topological polar surface area (TPSA) is 30.3 Å². The maximum absolute atomic E-state index is 8.99. The molecular formula is C16H23N3. The molecule has 1 aromatic carbocycles. The van der Waals surface area contributed by atoms with Crippen LogP contribution in [0.4, 0.5) is 5.69 Å². The van der Waals surface area contributed by atoms with Crippen molar-refractivity contribution in [1.82, 2.24) is 4.90 Å². The summed E-state index contributed by atoms with van der Waals surface area (Å²) in [5.41, 5.74) is 2.56. The number of anilines is 1. The van der Waals surface area contributed by atoms with Crippen LogP contribution < -0.4 is 4.90 Å². The Labute approximate surface area is 116 Å². The van der Waals surface area contributed by atoms with Crippen LogP contribution in [0.3, 0.4) is 0 Å². The van der Waals surface area contributed by atoms with Crippen LogP contribution in [-0.4, -0.2) is 37.6 Å². The van der Waals surface area contributed by atoms with Gasteiger partial charge in [-0.25, -0.2) is 0 Å². The highest BCUT2D eigenvalue weighted by Gasteiger charge is 2.25. The number of nitriles is 1.